The Labute approximate surface area is 116 Å². The second-order valence-electron chi connectivity index (χ2n) is 5.96. The lowest BCUT2D eigenvalue weighted by atomic mass is 9.93. The van der Waals surface area contributed by atoms with Gasteiger partial charge in [0.1, 0.15) is 5.75 Å². The predicted octanol–water partition coefficient (Wildman–Crippen LogP) is 3.30. The molecular formula is C16H25NO2. The van der Waals surface area contributed by atoms with Crippen molar-refractivity contribution >= 4 is 0 Å². The third-order valence-electron chi connectivity index (χ3n) is 3.80. The van der Waals surface area contributed by atoms with Crippen molar-refractivity contribution in [2.24, 2.45) is 0 Å². The van der Waals surface area contributed by atoms with Crippen LogP contribution in [-0.2, 0) is 4.74 Å². The maximum absolute atomic E-state index is 5.76. The molecule has 3 heteroatoms. The zero-order valence-corrected chi connectivity index (χ0v) is 12.4. The average molecular weight is 263 g/mol. The first-order valence-electron chi connectivity index (χ1n) is 7.04. The second-order valence-corrected chi connectivity index (χ2v) is 5.96. The van der Waals surface area contributed by atoms with Crippen LogP contribution in [0.4, 0.5) is 0 Å². The van der Waals surface area contributed by atoms with Crippen LogP contribution in [0.2, 0.25) is 0 Å². The van der Waals surface area contributed by atoms with Crippen molar-refractivity contribution in [3.05, 3.63) is 29.8 Å². The fraction of sp³-hybridized carbons (Fsp3) is 0.625. The summed E-state index contributed by atoms with van der Waals surface area (Å²) in [6, 6.07) is 9.16. The van der Waals surface area contributed by atoms with Gasteiger partial charge in [-0.25, -0.2) is 0 Å². The number of benzene rings is 1. The standard InChI is InChI=1S/C16H25NO2/c1-12(13-5-7-15(18-4)8-6-13)17-14-9-10-19-16(2,3)11-14/h5-8,12,14,17H,9-11H2,1-4H3/t12-,14?/m0/s1. The Morgan fingerprint density at radius 2 is 2.00 bits per heavy atom. The molecule has 0 amide bonds. The molecule has 0 saturated carbocycles. The highest BCUT2D eigenvalue weighted by molar-refractivity contribution is 5.28. The van der Waals surface area contributed by atoms with Gasteiger partial charge in [-0.2, -0.15) is 0 Å². The molecule has 19 heavy (non-hydrogen) atoms. The molecule has 0 radical (unpaired) electrons. The minimum Gasteiger partial charge on any atom is -0.497 e. The predicted molar refractivity (Wildman–Crippen MR) is 77.6 cm³/mol. The zero-order chi connectivity index (χ0) is 13.9. The van der Waals surface area contributed by atoms with Crippen molar-refractivity contribution in [2.45, 2.75) is 51.3 Å². The van der Waals surface area contributed by atoms with E-state index in [1.54, 1.807) is 7.11 Å². The monoisotopic (exact) mass is 263 g/mol. The molecule has 1 saturated heterocycles. The van der Waals surface area contributed by atoms with Gasteiger partial charge in [-0.3, -0.25) is 0 Å². The van der Waals surface area contributed by atoms with Crippen LogP contribution in [0.1, 0.15) is 45.2 Å². The molecule has 3 nitrogen and oxygen atoms in total. The van der Waals surface area contributed by atoms with Gasteiger partial charge in [-0.05, 0) is 51.3 Å². The molecule has 1 unspecified atom stereocenters. The third kappa shape index (κ3) is 3.95. The molecule has 2 atom stereocenters. The molecule has 0 aromatic heterocycles. The van der Waals surface area contributed by atoms with Crippen LogP contribution in [0.15, 0.2) is 24.3 Å². The number of ether oxygens (including phenoxy) is 2. The summed E-state index contributed by atoms with van der Waals surface area (Å²) in [6.45, 7) is 7.39. The Kier molecular flexibility index (Phi) is 4.48. The number of hydrogen-bond donors (Lipinski definition) is 1. The van der Waals surface area contributed by atoms with Crippen LogP contribution in [0, 0.1) is 0 Å². The highest BCUT2D eigenvalue weighted by Gasteiger charge is 2.29. The fourth-order valence-electron chi connectivity index (χ4n) is 2.72. The molecule has 1 heterocycles. The summed E-state index contributed by atoms with van der Waals surface area (Å²) in [7, 11) is 1.70. The van der Waals surface area contributed by atoms with Crippen LogP contribution in [0.3, 0.4) is 0 Å². The SMILES string of the molecule is COc1ccc([C@H](C)NC2CCOC(C)(C)C2)cc1. The average Bonchev–Trinajstić information content (AvgIpc) is 2.37. The van der Waals surface area contributed by atoms with Crippen molar-refractivity contribution in [1.82, 2.24) is 5.32 Å². The summed E-state index contributed by atoms with van der Waals surface area (Å²) in [5.74, 6) is 0.906. The van der Waals surface area contributed by atoms with E-state index in [0.29, 0.717) is 12.1 Å². The summed E-state index contributed by atoms with van der Waals surface area (Å²) in [4.78, 5) is 0. The molecule has 1 aromatic rings. The zero-order valence-electron chi connectivity index (χ0n) is 12.4. The minimum absolute atomic E-state index is 0.00442. The second kappa shape index (κ2) is 5.93. The summed E-state index contributed by atoms with van der Waals surface area (Å²) >= 11 is 0. The van der Waals surface area contributed by atoms with Crippen molar-refractivity contribution in [3.63, 3.8) is 0 Å². The first kappa shape index (κ1) is 14.4. The third-order valence-corrected chi connectivity index (χ3v) is 3.80. The van der Waals surface area contributed by atoms with Gasteiger partial charge in [-0.15, -0.1) is 0 Å². The molecule has 0 bridgehead atoms. The summed E-state index contributed by atoms with van der Waals surface area (Å²) in [5, 5.41) is 3.71. The van der Waals surface area contributed by atoms with Gasteiger partial charge < -0.3 is 14.8 Å². The van der Waals surface area contributed by atoms with Gasteiger partial charge in [0.15, 0.2) is 0 Å². The van der Waals surface area contributed by atoms with Crippen LogP contribution in [-0.4, -0.2) is 25.4 Å². The largest absolute Gasteiger partial charge is 0.497 e. The Morgan fingerprint density at radius 1 is 1.32 bits per heavy atom. The molecule has 1 aromatic carbocycles. The summed E-state index contributed by atoms with van der Waals surface area (Å²) < 4.78 is 10.9. The number of hydrogen-bond acceptors (Lipinski definition) is 3. The van der Waals surface area contributed by atoms with Crippen molar-refractivity contribution < 1.29 is 9.47 Å². The number of rotatable bonds is 4. The molecule has 1 aliphatic heterocycles. The fourth-order valence-corrected chi connectivity index (χ4v) is 2.72. The van der Waals surface area contributed by atoms with Crippen LogP contribution in [0.25, 0.3) is 0 Å². The van der Waals surface area contributed by atoms with E-state index in [4.69, 9.17) is 9.47 Å². The van der Waals surface area contributed by atoms with Crippen LogP contribution < -0.4 is 10.1 Å². The Morgan fingerprint density at radius 3 is 2.58 bits per heavy atom. The lowest BCUT2D eigenvalue weighted by Crippen LogP contribution is -2.44. The van der Waals surface area contributed by atoms with Crippen molar-refractivity contribution in [3.8, 4) is 5.75 Å². The van der Waals surface area contributed by atoms with E-state index >= 15 is 0 Å². The van der Waals surface area contributed by atoms with E-state index in [1.807, 2.05) is 12.1 Å². The van der Waals surface area contributed by atoms with Crippen LogP contribution in [0.5, 0.6) is 5.75 Å². The van der Waals surface area contributed by atoms with Crippen molar-refractivity contribution in [2.75, 3.05) is 13.7 Å². The summed E-state index contributed by atoms with van der Waals surface area (Å²) in [6.07, 6.45) is 2.15. The first-order chi connectivity index (χ1) is 9.00. The summed E-state index contributed by atoms with van der Waals surface area (Å²) in [5.41, 5.74) is 1.29. The smallest absolute Gasteiger partial charge is 0.118 e. The molecule has 106 valence electrons. The Hall–Kier alpha value is -1.06. The molecule has 1 aliphatic rings. The van der Waals surface area contributed by atoms with Gasteiger partial charge in [0.05, 0.1) is 12.7 Å². The number of methoxy groups -OCH3 is 1. The highest BCUT2D eigenvalue weighted by atomic mass is 16.5. The van der Waals surface area contributed by atoms with E-state index in [0.717, 1.165) is 25.2 Å². The van der Waals surface area contributed by atoms with E-state index in [1.165, 1.54) is 5.56 Å². The van der Waals surface area contributed by atoms with E-state index in [-0.39, 0.29) is 5.60 Å². The van der Waals surface area contributed by atoms with Crippen molar-refractivity contribution in [1.29, 1.82) is 0 Å². The van der Waals surface area contributed by atoms with E-state index < -0.39 is 0 Å². The molecule has 1 fully saturated rings. The van der Waals surface area contributed by atoms with Gasteiger partial charge in [0, 0.05) is 18.7 Å². The molecule has 2 rings (SSSR count). The van der Waals surface area contributed by atoms with Crippen LogP contribution >= 0.6 is 0 Å². The minimum atomic E-state index is -0.00442. The maximum atomic E-state index is 5.76. The lowest BCUT2D eigenvalue weighted by Gasteiger charge is -2.37. The van der Waals surface area contributed by atoms with Gasteiger partial charge in [0.2, 0.25) is 0 Å². The van der Waals surface area contributed by atoms with Gasteiger partial charge in [0.25, 0.3) is 0 Å². The highest BCUT2D eigenvalue weighted by Crippen LogP contribution is 2.26. The Balaban J connectivity index is 1.94. The quantitative estimate of drug-likeness (QED) is 0.904. The maximum Gasteiger partial charge on any atom is 0.118 e. The Bertz CT molecular complexity index is 400. The molecule has 1 N–H and O–H groups in total. The van der Waals surface area contributed by atoms with E-state index in [2.05, 4.69) is 38.2 Å². The molecule has 0 aliphatic carbocycles. The van der Waals surface area contributed by atoms with Gasteiger partial charge in [-0.1, -0.05) is 12.1 Å². The normalized spacial score (nSPS) is 23.9. The van der Waals surface area contributed by atoms with E-state index in [9.17, 15) is 0 Å². The lowest BCUT2D eigenvalue weighted by molar-refractivity contribution is -0.0639. The first-order valence-corrected chi connectivity index (χ1v) is 7.04. The number of nitrogens with one attached hydrogen (secondary N) is 1. The molecular weight excluding hydrogens is 238 g/mol. The molecule has 0 spiro atoms. The topological polar surface area (TPSA) is 30.5 Å². The van der Waals surface area contributed by atoms with Gasteiger partial charge >= 0.3 is 0 Å².